The maximum atomic E-state index is 14.1. The minimum Gasteiger partial charge on any atom is -0.457 e. The zero-order chi connectivity index (χ0) is 30.1. The minimum absolute atomic E-state index is 0.0864. The number of halogens is 3. The molecule has 10 heteroatoms. The lowest BCUT2D eigenvalue weighted by atomic mass is 9.92. The Hall–Kier alpha value is -3.89. The van der Waals surface area contributed by atoms with Crippen LogP contribution in [0.15, 0.2) is 60.9 Å². The summed E-state index contributed by atoms with van der Waals surface area (Å²) in [6.45, 7) is 8.96. The lowest BCUT2D eigenvalue weighted by molar-refractivity contribution is -0.139. The first-order valence-corrected chi connectivity index (χ1v) is 14.9. The highest BCUT2D eigenvalue weighted by molar-refractivity contribution is 5.82. The van der Waals surface area contributed by atoms with E-state index in [2.05, 4.69) is 26.7 Å². The smallest absolute Gasteiger partial charge is 0.416 e. The van der Waals surface area contributed by atoms with Crippen LogP contribution in [0.4, 0.5) is 13.2 Å². The van der Waals surface area contributed by atoms with Crippen molar-refractivity contribution in [2.75, 3.05) is 39.3 Å². The summed E-state index contributed by atoms with van der Waals surface area (Å²) < 4.78 is 48.6. The van der Waals surface area contributed by atoms with Gasteiger partial charge in [0.25, 0.3) is 0 Å². The number of benzene rings is 2. The fourth-order valence-electron chi connectivity index (χ4n) is 6.26. The first-order valence-electron chi connectivity index (χ1n) is 14.9. The van der Waals surface area contributed by atoms with Crippen molar-refractivity contribution in [3.8, 4) is 11.5 Å². The number of rotatable bonds is 7. The number of ether oxygens (including phenoxy) is 1. The summed E-state index contributed by atoms with van der Waals surface area (Å²) in [5.74, 6) is 1.13. The lowest BCUT2D eigenvalue weighted by Gasteiger charge is -2.36. The molecule has 6 rings (SSSR count). The molecule has 2 aliphatic rings. The standard InChI is InChI=1S/C33H36F3N5O2/c1-3-39-14-16-40(17-15-39)21-25-5-4-23(18-29(25)33(34,35)36)19-31(42)41-13-10-24-6-7-26(20-28(24)22(41)2)43-30-9-12-38-32-27(30)8-11-37-32/h4-9,11-12,18,20,22H,3,10,13-17,19,21H2,1-2H3,(H,37,38). The van der Waals surface area contributed by atoms with Gasteiger partial charge in [-0.3, -0.25) is 9.69 Å². The average Bonchev–Trinajstić information content (AvgIpc) is 3.48. The number of carbonyl (C=O) groups is 1. The largest absolute Gasteiger partial charge is 0.457 e. The van der Waals surface area contributed by atoms with Crippen LogP contribution in [0.1, 0.15) is 47.7 Å². The summed E-state index contributed by atoms with van der Waals surface area (Å²) in [5, 5.41) is 0.869. The molecule has 1 amide bonds. The minimum atomic E-state index is -4.49. The summed E-state index contributed by atoms with van der Waals surface area (Å²) in [6.07, 6.45) is -0.422. The number of hydrogen-bond donors (Lipinski definition) is 1. The number of alkyl halides is 3. The van der Waals surface area contributed by atoms with E-state index in [1.165, 1.54) is 6.07 Å². The van der Waals surface area contributed by atoms with Gasteiger partial charge in [-0.25, -0.2) is 4.98 Å². The predicted octanol–water partition coefficient (Wildman–Crippen LogP) is 6.20. The molecule has 43 heavy (non-hydrogen) atoms. The second-order valence-electron chi connectivity index (χ2n) is 11.4. The molecule has 2 aromatic carbocycles. The molecular weight excluding hydrogens is 555 g/mol. The Morgan fingerprint density at radius 1 is 1.02 bits per heavy atom. The SMILES string of the molecule is CCN1CCN(Cc2ccc(CC(=O)N3CCc4ccc(Oc5ccnc6[nH]ccc56)cc4C3C)cc2C(F)(F)F)CC1. The Kier molecular flexibility index (Phi) is 8.15. The Morgan fingerprint density at radius 3 is 2.58 bits per heavy atom. The zero-order valence-electron chi connectivity index (χ0n) is 24.5. The fraction of sp³-hybridized carbons (Fsp3) is 0.394. The number of aromatic amines is 1. The molecular formula is C33H36F3N5O2. The second-order valence-corrected chi connectivity index (χ2v) is 11.4. The number of fused-ring (bicyclic) bond motifs is 2. The monoisotopic (exact) mass is 591 g/mol. The highest BCUT2D eigenvalue weighted by atomic mass is 19.4. The van der Waals surface area contributed by atoms with E-state index in [1.54, 1.807) is 23.2 Å². The Bertz CT molecular complexity index is 1610. The molecule has 0 bridgehead atoms. The van der Waals surface area contributed by atoms with E-state index in [0.717, 1.165) is 54.9 Å². The molecule has 4 heterocycles. The molecule has 7 nitrogen and oxygen atoms in total. The third-order valence-electron chi connectivity index (χ3n) is 8.77. The van der Waals surface area contributed by atoms with Crippen LogP contribution in [-0.4, -0.2) is 69.8 Å². The lowest BCUT2D eigenvalue weighted by Crippen LogP contribution is -2.45. The van der Waals surface area contributed by atoms with Gasteiger partial charge >= 0.3 is 6.18 Å². The molecule has 1 N–H and O–H groups in total. The zero-order valence-corrected chi connectivity index (χ0v) is 24.5. The van der Waals surface area contributed by atoms with E-state index in [0.29, 0.717) is 30.0 Å². The number of carbonyl (C=O) groups excluding carboxylic acids is 1. The molecule has 0 saturated carbocycles. The fourth-order valence-corrected chi connectivity index (χ4v) is 6.26. The third kappa shape index (κ3) is 6.26. The number of hydrogen-bond acceptors (Lipinski definition) is 5. The van der Waals surface area contributed by atoms with Crippen molar-refractivity contribution in [3.05, 3.63) is 88.7 Å². The summed E-state index contributed by atoms with van der Waals surface area (Å²) in [4.78, 5) is 27.0. The van der Waals surface area contributed by atoms with E-state index in [9.17, 15) is 18.0 Å². The van der Waals surface area contributed by atoms with Crippen LogP contribution < -0.4 is 4.74 Å². The molecule has 2 aliphatic heterocycles. The van der Waals surface area contributed by atoms with E-state index >= 15 is 0 Å². The normalized spacial score (nSPS) is 18.2. The molecule has 0 aliphatic carbocycles. The van der Waals surface area contributed by atoms with Crippen molar-refractivity contribution >= 4 is 16.9 Å². The highest BCUT2D eigenvalue weighted by Crippen LogP contribution is 2.37. The molecule has 1 unspecified atom stereocenters. The van der Waals surface area contributed by atoms with Crippen LogP contribution in [-0.2, 0) is 30.4 Å². The number of aromatic nitrogens is 2. The number of nitrogens with zero attached hydrogens (tertiary/aromatic N) is 4. The van der Waals surface area contributed by atoms with Gasteiger partial charge < -0.3 is 19.5 Å². The van der Waals surface area contributed by atoms with Crippen LogP contribution in [0.3, 0.4) is 0 Å². The van der Waals surface area contributed by atoms with Crippen molar-refractivity contribution in [1.82, 2.24) is 24.7 Å². The van der Waals surface area contributed by atoms with Gasteiger partial charge in [-0.2, -0.15) is 13.2 Å². The Balaban J connectivity index is 1.16. The van der Waals surface area contributed by atoms with Gasteiger partial charge in [0.15, 0.2) is 0 Å². The number of pyridine rings is 1. The number of nitrogens with one attached hydrogen (secondary N) is 1. The Morgan fingerprint density at radius 2 is 1.81 bits per heavy atom. The molecule has 1 saturated heterocycles. The van der Waals surface area contributed by atoms with Crippen LogP contribution in [0, 0.1) is 0 Å². The first kappa shape index (κ1) is 29.2. The summed E-state index contributed by atoms with van der Waals surface area (Å²) in [7, 11) is 0. The van der Waals surface area contributed by atoms with Gasteiger partial charge in [0.1, 0.15) is 17.1 Å². The molecule has 2 aromatic heterocycles. The van der Waals surface area contributed by atoms with Gasteiger partial charge in [0.2, 0.25) is 5.91 Å². The van der Waals surface area contributed by atoms with Gasteiger partial charge in [-0.05, 0) is 72.5 Å². The van der Waals surface area contributed by atoms with Crippen LogP contribution in [0.2, 0.25) is 0 Å². The summed E-state index contributed by atoms with van der Waals surface area (Å²) >= 11 is 0. The first-order chi connectivity index (χ1) is 20.7. The summed E-state index contributed by atoms with van der Waals surface area (Å²) in [6, 6.07) is 13.8. The topological polar surface area (TPSA) is 64.7 Å². The number of piperazine rings is 1. The predicted molar refractivity (Wildman–Crippen MR) is 159 cm³/mol. The maximum Gasteiger partial charge on any atom is 0.416 e. The van der Waals surface area contributed by atoms with Crippen LogP contribution in [0.25, 0.3) is 11.0 Å². The second kappa shape index (κ2) is 12.0. The maximum absolute atomic E-state index is 14.1. The molecule has 0 radical (unpaired) electrons. The van der Waals surface area contributed by atoms with Crippen molar-refractivity contribution in [3.63, 3.8) is 0 Å². The van der Waals surface area contributed by atoms with Crippen molar-refractivity contribution in [1.29, 1.82) is 0 Å². The third-order valence-corrected chi connectivity index (χ3v) is 8.77. The molecule has 4 aromatic rings. The number of H-pyrrole nitrogens is 1. The van der Waals surface area contributed by atoms with Crippen LogP contribution >= 0.6 is 0 Å². The van der Waals surface area contributed by atoms with Gasteiger partial charge in [-0.1, -0.05) is 25.1 Å². The molecule has 226 valence electrons. The summed E-state index contributed by atoms with van der Waals surface area (Å²) in [5.41, 5.74) is 2.83. The highest BCUT2D eigenvalue weighted by Gasteiger charge is 2.35. The van der Waals surface area contributed by atoms with Crippen molar-refractivity contribution in [2.45, 2.75) is 45.5 Å². The molecule has 1 atom stereocenters. The van der Waals surface area contributed by atoms with Crippen LogP contribution in [0.5, 0.6) is 11.5 Å². The average molecular weight is 592 g/mol. The van der Waals surface area contributed by atoms with Crippen molar-refractivity contribution < 1.29 is 22.7 Å². The quantitative estimate of drug-likeness (QED) is 0.277. The number of amides is 1. The van der Waals surface area contributed by atoms with Gasteiger partial charge in [0, 0.05) is 51.7 Å². The Labute approximate surface area is 249 Å². The van der Waals surface area contributed by atoms with E-state index < -0.39 is 11.7 Å². The van der Waals surface area contributed by atoms with E-state index in [-0.39, 0.29) is 30.5 Å². The van der Waals surface area contributed by atoms with Gasteiger partial charge in [0.05, 0.1) is 23.4 Å². The van der Waals surface area contributed by atoms with Crippen molar-refractivity contribution in [2.24, 2.45) is 0 Å². The number of likely N-dealkylation sites (N-methyl/N-ethyl adjacent to an activating group) is 1. The molecule has 1 fully saturated rings. The van der Waals surface area contributed by atoms with Gasteiger partial charge in [-0.15, -0.1) is 0 Å². The van der Waals surface area contributed by atoms with E-state index in [1.807, 2.05) is 43.5 Å². The molecule has 0 spiro atoms. The van der Waals surface area contributed by atoms with E-state index in [4.69, 9.17) is 4.74 Å².